The molecule has 0 unspecified atom stereocenters. The van der Waals surface area contributed by atoms with E-state index in [9.17, 15) is 9.59 Å². The third-order valence-corrected chi connectivity index (χ3v) is 4.70. The highest BCUT2D eigenvalue weighted by Crippen LogP contribution is 2.33. The molecule has 0 aliphatic carbocycles. The van der Waals surface area contributed by atoms with Crippen LogP contribution >= 0.6 is 34.8 Å². The first kappa shape index (κ1) is 18.6. The Kier molecular flexibility index (Phi) is 5.41. The molecule has 5 nitrogen and oxygen atoms in total. The highest BCUT2D eigenvalue weighted by atomic mass is 35.5. The fourth-order valence-electron chi connectivity index (χ4n) is 2.70. The molecule has 0 saturated heterocycles. The Morgan fingerprint density at radius 1 is 1.04 bits per heavy atom. The van der Waals surface area contributed by atoms with E-state index < -0.39 is 12.1 Å². The summed E-state index contributed by atoms with van der Waals surface area (Å²) < 4.78 is 0. The lowest BCUT2D eigenvalue weighted by atomic mass is 9.94. The molecule has 2 aromatic rings. The number of hydrogen-bond acceptors (Lipinski definition) is 2. The summed E-state index contributed by atoms with van der Waals surface area (Å²) in [7, 11) is 0. The lowest BCUT2D eigenvalue weighted by Crippen LogP contribution is -2.46. The van der Waals surface area contributed by atoms with E-state index in [1.165, 1.54) is 0 Å². The summed E-state index contributed by atoms with van der Waals surface area (Å²) in [6.07, 6.45) is 0. The number of benzene rings is 2. The maximum absolute atomic E-state index is 12.9. The lowest BCUT2D eigenvalue weighted by molar-refractivity contribution is -0.113. The third kappa shape index (κ3) is 3.96. The highest BCUT2D eigenvalue weighted by molar-refractivity contribution is 6.35. The van der Waals surface area contributed by atoms with Gasteiger partial charge < -0.3 is 16.0 Å². The molecule has 0 saturated carbocycles. The van der Waals surface area contributed by atoms with Crippen molar-refractivity contribution in [1.82, 2.24) is 10.6 Å². The molecular formula is C18H14Cl3N3O2. The highest BCUT2D eigenvalue weighted by Gasteiger charge is 2.32. The fraction of sp³-hybridized carbons (Fsp3) is 0.111. The first-order chi connectivity index (χ1) is 12.3. The van der Waals surface area contributed by atoms with Crippen molar-refractivity contribution in [3.63, 3.8) is 0 Å². The van der Waals surface area contributed by atoms with Crippen LogP contribution in [0.15, 0.2) is 53.7 Å². The average molecular weight is 411 g/mol. The molecule has 0 aromatic heterocycles. The molecule has 1 aliphatic heterocycles. The lowest BCUT2D eigenvalue weighted by Gasteiger charge is -2.29. The van der Waals surface area contributed by atoms with E-state index >= 15 is 0 Å². The third-order valence-electron chi connectivity index (χ3n) is 3.89. The van der Waals surface area contributed by atoms with Gasteiger partial charge in [-0.2, -0.15) is 0 Å². The van der Waals surface area contributed by atoms with Crippen LogP contribution in [0.5, 0.6) is 0 Å². The SMILES string of the molecule is CC1=C(C(=O)Nc2ccc(Cl)cc2)[C@H](c2ccc(Cl)cc2Cl)NC(=O)N1. The number of hydrogen-bond donors (Lipinski definition) is 3. The quantitative estimate of drug-likeness (QED) is 0.672. The Morgan fingerprint density at radius 2 is 1.69 bits per heavy atom. The van der Waals surface area contributed by atoms with Crippen molar-refractivity contribution in [1.29, 1.82) is 0 Å². The molecule has 26 heavy (non-hydrogen) atoms. The van der Waals surface area contributed by atoms with Crippen LogP contribution in [0.3, 0.4) is 0 Å². The van der Waals surface area contributed by atoms with Crippen molar-refractivity contribution < 1.29 is 9.59 Å². The maximum Gasteiger partial charge on any atom is 0.319 e. The smallest absolute Gasteiger partial charge is 0.319 e. The van der Waals surface area contributed by atoms with Gasteiger partial charge in [-0.25, -0.2) is 4.79 Å². The number of halogens is 3. The zero-order valence-electron chi connectivity index (χ0n) is 13.6. The minimum atomic E-state index is -0.708. The fourth-order valence-corrected chi connectivity index (χ4v) is 3.34. The Labute approximate surface area is 165 Å². The van der Waals surface area contributed by atoms with Gasteiger partial charge in [-0.1, -0.05) is 40.9 Å². The van der Waals surface area contributed by atoms with E-state index in [0.717, 1.165) is 0 Å². The zero-order valence-corrected chi connectivity index (χ0v) is 15.8. The van der Waals surface area contributed by atoms with Gasteiger partial charge in [0.25, 0.3) is 5.91 Å². The van der Waals surface area contributed by atoms with Crippen LogP contribution in [0.4, 0.5) is 10.5 Å². The molecule has 0 fully saturated rings. The topological polar surface area (TPSA) is 70.2 Å². The number of carbonyl (C=O) groups is 2. The second kappa shape index (κ2) is 7.58. The van der Waals surface area contributed by atoms with E-state index in [2.05, 4.69) is 16.0 Å². The predicted molar refractivity (Wildman–Crippen MR) is 104 cm³/mol. The van der Waals surface area contributed by atoms with E-state index in [-0.39, 0.29) is 5.91 Å². The number of allylic oxidation sites excluding steroid dienone is 1. The molecule has 8 heteroatoms. The molecule has 3 amide bonds. The minimum absolute atomic E-state index is 0.351. The summed E-state index contributed by atoms with van der Waals surface area (Å²) in [5, 5.41) is 9.53. The number of amides is 3. The van der Waals surface area contributed by atoms with Crippen molar-refractivity contribution >= 4 is 52.4 Å². The normalized spacial score (nSPS) is 16.8. The van der Waals surface area contributed by atoms with Crippen LogP contribution < -0.4 is 16.0 Å². The molecule has 1 aliphatic rings. The van der Waals surface area contributed by atoms with Crippen molar-refractivity contribution in [3.05, 3.63) is 74.4 Å². The average Bonchev–Trinajstić information content (AvgIpc) is 2.56. The molecule has 3 rings (SSSR count). The molecule has 0 spiro atoms. The molecule has 1 atom stereocenters. The van der Waals surface area contributed by atoms with E-state index in [0.29, 0.717) is 37.6 Å². The predicted octanol–water partition coefficient (Wildman–Crippen LogP) is 4.91. The van der Waals surface area contributed by atoms with E-state index in [1.807, 2.05) is 0 Å². The number of rotatable bonds is 3. The van der Waals surface area contributed by atoms with Gasteiger partial charge in [0.05, 0.1) is 11.6 Å². The Balaban J connectivity index is 1.97. The van der Waals surface area contributed by atoms with E-state index in [4.69, 9.17) is 34.8 Å². The molecule has 1 heterocycles. The van der Waals surface area contributed by atoms with Crippen LogP contribution in [0.1, 0.15) is 18.5 Å². The molecule has 134 valence electrons. The Bertz CT molecular complexity index is 910. The summed E-state index contributed by atoms with van der Waals surface area (Å²) in [6, 6.07) is 10.5. The van der Waals surface area contributed by atoms with Crippen LogP contribution in [0.25, 0.3) is 0 Å². The van der Waals surface area contributed by atoms with Gasteiger partial charge in [-0.3, -0.25) is 4.79 Å². The summed E-state index contributed by atoms with van der Waals surface area (Å²) in [6.45, 7) is 1.66. The minimum Gasteiger partial charge on any atom is -0.327 e. The maximum atomic E-state index is 12.9. The molecule has 0 bridgehead atoms. The van der Waals surface area contributed by atoms with E-state index in [1.54, 1.807) is 49.4 Å². The summed E-state index contributed by atoms with van der Waals surface area (Å²) in [5.74, 6) is -0.367. The van der Waals surface area contributed by atoms with Gasteiger partial charge in [0.2, 0.25) is 0 Å². The number of anilines is 1. The van der Waals surface area contributed by atoms with Crippen LogP contribution in [-0.2, 0) is 4.79 Å². The van der Waals surface area contributed by atoms with Crippen molar-refractivity contribution in [2.24, 2.45) is 0 Å². The van der Waals surface area contributed by atoms with Gasteiger partial charge in [-0.05, 0) is 48.9 Å². The number of carbonyl (C=O) groups excluding carboxylic acids is 2. The van der Waals surface area contributed by atoms with Gasteiger partial charge in [-0.15, -0.1) is 0 Å². The van der Waals surface area contributed by atoms with Crippen LogP contribution in [0, 0.1) is 0 Å². The van der Waals surface area contributed by atoms with Gasteiger partial charge in [0.1, 0.15) is 0 Å². The second-order valence-electron chi connectivity index (χ2n) is 5.70. The molecular weight excluding hydrogens is 397 g/mol. The van der Waals surface area contributed by atoms with Crippen LogP contribution in [0.2, 0.25) is 15.1 Å². The van der Waals surface area contributed by atoms with Gasteiger partial charge in [0.15, 0.2) is 0 Å². The van der Waals surface area contributed by atoms with Gasteiger partial charge >= 0.3 is 6.03 Å². The number of urea groups is 1. The van der Waals surface area contributed by atoms with Gasteiger partial charge in [0, 0.05) is 26.5 Å². The van der Waals surface area contributed by atoms with Crippen molar-refractivity contribution in [3.8, 4) is 0 Å². The zero-order chi connectivity index (χ0) is 18.8. The summed E-state index contributed by atoms with van der Waals surface area (Å²) >= 11 is 18.1. The first-order valence-corrected chi connectivity index (χ1v) is 8.78. The largest absolute Gasteiger partial charge is 0.327 e. The molecule has 3 N–H and O–H groups in total. The standard InChI is InChI=1S/C18H14Cl3N3O2/c1-9-15(17(25)23-12-5-2-10(19)3-6-12)16(24-18(26)22-9)13-7-4-11(20)8-14(13)21/h2-8,16H,1H3,(H,23,25)(H2,22,24,26)/t16-/m0/s1. The number of nitrogens with one attached hydrogen (secondary N) is 3. The second-order valence-corrected chi connectivity index (χ2v) is 6.98. The monoisotopic (exact) mass is 409 g/mol. The summed E-state index contributed by atoms with van der Waals surface area (Å²) in [5.41, 5.74) is 1.95. The van der Waals surface area contributed by atoms with Crippen molar-refractivity contribution in [2.75, 3.05) is 5.32 Å². The first-order valence-electron chi connectivity index (χ1n) is 7.65. The molecule has 2 aromatic carbocycles. The summed E-state index contributed by atoms with van der Waals surface area (Å²) in [4.78, 5) is 24.8. The van der Waals surface area contributed by atoms with Crippen LogP contribution in [-0.4, -0.2) is 11.9 Å². The van der Waals surface area contributed by atoms with Crippen molar-refractivity contribution in [2.45, 2.75) is 13.0 Å². The Hall–Kier alpha value is -2.21. The Morgan fingerprint density at radius 3 is 2.35 bits per heavy atom. The molecule has 0 radical (unpaired) electrons.